The molecule has 2 N–H and O–H groups in total. The van der Waals surface area contributed by atoms with Crippen molar-refractivity contribution in [1.29, 1.82) is 0 Å². The first kappa shape index (κ1) is 28.1. The van der Waals surface area contributed by atoms with Crippen LogP contribution in [0, 0.1) is 12.7 Å². The van der Waals surface area contributed by atoms with E-state index in [1.807, 2.05) is 0 Å². The molecule has 3 atom stereocenters. The van der Waals surface area contributed by atoms with Crippen LogP contribution in [0.4, 0.5) is 4.39 Å². The second-order valence-electron chi connectivity index (χ2n) is 9.08. The van der Waals surface area contributed by atoms with Crippen LogP contribution in [0.5, 0.6) is 5.75 Å². The van der Waals surface area contributed by atoms with E-state index in [2.05, 4.69) is 14.9 Å². The highest BCUT2D eigenvalue weighted by Gasteiger charge is 2.42. The van der Waals surface area contributed by atoms with Gasteiger partial charge in [0.15, 0.2) is 0 Å². The largest absolute Gasteiger partial charge is 0.491 e. The van der Waals surface area contributed by atoms with Crippen LogP contribution < -0.4 is 15.2 Å². The summed E-state index contributed by atoms with van der Waals surface area (Å²) in [4.78, 5) is 23.2. The minimum Gasteiger partial charge on any atom is -0.491 e. The van der Waals surface area contributed by atoms with Crippen LogP contribution in [0.15, 0.2) is 38.4 Å². The lowest BCUT2D eigenvalue weighted by Crippen LogP contribution is -2.37. The van der Waals surface area contributed by atoms with E-state index >= 15 is 0 Å². The number of nitrogens with zero attached hydrogens (tertiary/aromatic N) is 1. The number of fused-ring (bicyclic) bond motifs is 1. The van der Waals surface area contributed by atoms with E-state index in [0.29, 0.717) is 5.56 Å². The zero-order chi connectivity index (χ0) is 28.0. The summed E-state index contributed by atoms with van der Waals surface area (Å²) in [6.07, 6.45) is 0.238. The van der Waals surface area contributed by atoms with Crippen LogP contribution >= 0.6 is 23.2 Å². The number of rotatable bonds is 7. The van der Waals surface area contributed by atoms with Crippen molar-refractivity contribution in [2.24, 2.45) is 0 Å². The third-order valence-electron chi connectivity index (χ3n) is 6.44. The minimum absolute atomic E-state index is 0.0423. The van der Waals surface area contributed by atoms with Crippen LogP contribution in [0.25, 0.3) is 0 Å². The van der Waals surface area contributed by atoms with Gasteiger partial charge in [0.2, 0.25) is 15.9 Å². The number of hydrogen-bond acceptors (Lipinski definition) is 8. The number of halogens is 3. The molecule has 0 bridgehead atoms. The summed E-state index contributed by atoms with van der Waals surface area (Å²) >= 11 is 12.6. The topological polar surface area (TPSA) is 141 Å². The van der Waals surface area contributed by atoms with E-state index in [0.717, 1.165) is 6.07 Å². The molecule has 2 heterocycles. The molecule has 14 heteroatoms. The fourth-order valence-corrected chi connectivity index (χ4v) is 6.58. The molecule has 38 heavy (non-hydrogen) atoms. The molecule has 1 aliphatic rings. The Labute approximate surface area is 227 Å². The first-order valence-corrected chi connectivity index (χ1v) is 13.7. The molecule has 4 rings (SSSR count). The van der Waals surface area contributed by atoms with Crippen LogP contribution in [-0.4, -0.2) is 31.2 Å². The van der Waals surface area contributed by atoms with Crippen molar-refractivity contribution in [3.63, 3.8) is 0 Å². The van der Waals surface area contributed by atoms with Crippen LogP contribution in [-0.2, 0) is 25.2 Å². The molecule has 0 saturated heterocycles. The van der Waals surface area contributed by atoms with Gasteiger partial charge in [-0.15, -0.1) is 5.10 Å². The third kappa shape index (κ3) is 5.18. The molecule has 0 spiro atoms. The second-order valence-corrected chi connectivity index (χ2v) is 11.6. The van der Waals surface area contributed by atoms with Gasteiger partial charge in [-0.05, 0) is 49.2 Å². The lowest BCUT2D eigenvalue weighted by Gasteiger charge is -2.36. The Kier molecular flexibility index (Phi) is 7.63. The summed E-state index contributed by atoms with van der Waals surface area (Å²) in [6, 6.07) is 3.77. The summed E-state index contributed by atoms with van der Waals surface area (Å²) in [5.41, 5.74) is -0.570. The molecule has 2 aromatic carbocycles. The molecular weight excluding hydrogens is 564 g/mol. The van der Waals surface area contributed by atoms with Gasteiger partial charge in [0, 0.05) is 24.3 Å². The Hall–Kier alpha value is -2.93. The number of carbonyl (C=O) groups excluding carboxylic acids is 1. The monoisotopic (exact) mass is 587 g/mol. The van der Waals surface area contributed by atoms with Crippen molar-refractivity contribution in [2.75, 3.05) is 6.61 Å². The predicted molar refractivity (Wildman–Crippen MR) is 135 cm³/mol. The summed E-state index contributed by atoms with van der Waals surface area (Å²) < 4.78 is 61.3. The van der Waals surface area contributed by atoms with E-state index in [1.54, 1.807) is 13.8 Å². The maximum absolute atomic E-state index is 14.9. The molecular formula is C24H24Cl2FN3O7S. The lowest BCUT2D eigenvalue weighted by molar-refractivity contribution is -0.159. The van der Waals surface area contributed by atoms with Gasteiger partial charge in [-0.3, -0.25) is 4.79 Å². The van der Waals surface area contributed by atoms with Gasteiger partial charge in [0.1, 0.15) is 28.1 Å². The zero-order valence-corrected chi connectivity index (χ0v) is 23.1. The molecule has 3 aromatic rings. The van der Waals surface area contributed by atoms with Gasteiger partial charge < -0.3 is 13.9 Å². The molecule has 0 fully saturated rings. The van der Waals surface area contributed by atoms with Crippen molar-refractivity contribution < 1.29 is 31.5 Å². The Morgan fingerprint density at radius 1 is 1.26 bits per heavy atom. The highest BCUT2D eigenvalue weighted by atomic mass is 35.5. The summed E-state index contributed by atoms with van der Waals surface area (Å²) in [6.45, 7) is 6.01. The smallest absolute Gasteiger partial charge is 0.434 e. The van der Waals surface area contributed by atoms with E-state index in [-0.39, 0.29) is 50.7 Å². The molecule has 1 aliphatic heterocycles. The van der Waals surface area contributed by atoms with Crippen molar-refractivity contribution in [3.05, 3.63) is 73.3 Å². The van der Waals surface area contributed by atoms with Gasteiger partial charge in [-0.2, -0.15) is 4.72 Å². The fourth-order valence-electron chi connectivity index (χ4n) is 4.65. The first-order valence-electron chi connectivity index (χ1n) is 11.4. The SMILES string of the molecule is CC(=O)OC1(C)CCOc2c(S(=O)(=O)N[C@H](c3n[nH]c(=O)o3)[C@H](C)c3c(F)ccc(Cl)c3C)ccc(Cl)c21. The number of carbonyl (C=O) groups is 1. The standard InChI is InChI=1S/C24H24Cl2FN3O7S/c1-11-14(25)5-7-16(27)18(11)12(2)20(22-28-29-23(32)36-22)30-38(33,34)17-8-6-15(26)19-21(17)35-10-9-24(19,4)37-13(3)31/h5-8,12,20,30H,9-10H2,1-4H3,(H,29,32)/t12-,20+,24?/m1/s1. The van der Waals surface area contributed by atoms with Crippen LogP contribution in [0.3, 0.4) is 0 Å². The quantitative estimate of drug-likeness (QED) is 0.385. The van der Waals surface area contributed by atoms with E-state index in [4.69, 9.17) is 37.1 Å². The molecule has 0 radical (unpaired) electrons. The van der Waals surface area contributed by atoms with E-state index in [9.17, 15) is 22.4 Å². The van der Waals surface area contributed by atoms with Gasteiger partial charge in [-0.1, -0.05) is 30.1 Å². The van der Waals surface area contributed by atoms with Gasteiger partial charge >= 0.3 is 11.7 Å². The first-order chi connectivity index (χ1) is 17.7. The highest BCUT2D eigenvalue weighted by Crippen LogP contribution is 2.47. The van der Waals surface area contributed by atoms with Crippen molar-refractivity contribution in [3.8, 4) is 5.75 Å². The number of sulfonamides is 1. The second kappa shape index (κ2) is 10.3. The van der Waals surface area contributed by atoms with Crippen molar-refractivity contribution >= 4 is 39.2 Å². The Morgan fingerprint density at radius 3 is 2.58 bits per heavy atom. The average Bonchev–Trinajstić information content (AvgIpc) is 3.25. The van der Waals surface area contributed by atoms with Crippen molar-refractivity contribution in [1.82, 2.24) is 14.9 Å². The molecule has 0 amide bonds. The number of H-pyrrole nitrogens is 1. The molecule has 10 nitrogen and oxygen atoms in total. The number of ether oxygens (including phenoxy) is 2. The van der Waals surface area contributed by atoms with Crippen molar-refractivity contribution in [2.45, 2.75) is 56.6 Å². The fraction of sp³-hybridized carbons (Fsp3) is 0.375. The molecule has 1 unspecified atom stereocenters. The Bertz CT molecular complexity index is 1570. The summed E-state index contributed by atoms with van der Waals surface area (Å²) in [5.74, 6) is -3.50. The number of esters is 1. The van der Waals surface area contributed by atoms with Crippen LogP contribution in [0.2, 0.25) is 10.0 Å². The zero-order valence-electron chi connectivity index (χ0n) is 20.7. The maximum Gasteiger partial charge on any atom is 0.434 e. The van der Waals surface area contributed by atoms with Gasteiger partial charge in [0.05, 0.1) is 17.2 Å². The van der Waals surface area contributed by atoms with E-state index in [1.165, 1.54) is 32.0 Å². The number of nitrogens with one attached hydrogen (secondary N) is 2. The number of hydrogen-bond donors (Lipinski definition) is 2. The number of benzene rings is 2. The highest BCUT2D eigenvalue weighted by molar-refractivity contribution is 7.89. The summed E-state index contributed by atoms with van der Waals surface area (Å²) in [7, 11) is -4.47. The Balaban J connectivity index is 1.84. The summed E-state index contributed by atoms with van der Waals surface area (Å²) in [5, 5.41) is 6.28. The third-order valence-corrected chi connectivity index (χ3v) is 8.63. The maximum atomic E-state index is 14.9. The number of aromatic amines is 1. The van der Waals surface area contributed by atoms with Gasteiger partial charge in [0.25, 0.3) is 0 Å². The lowest BCUT2D eigenvalue weighted by atomic mass is 9.89. The normalized spacial score (nSPS) is 18.8. The van der Waals surface area contributed by atoms with E-state index < -0.39 is 45.1 Å². The van der Waals surface area contributed by atoms with Crippen LogP contribution in [0.1, 0.15) is 61.7 Å². The predicted octanol–water partition coefficient (Wildman–Crippen LogP) is 4.50. The van der Waals surface area contributed by atoms with Gasteiger partial charge in [-0.25, -0.2) is 22.7 Å². The molecule has 0 aliphatic carbocycles. The molecule has 1 aromatic heterocycles. The molecule has 204 valence electrons. The minimum atomic E-state index is -4.47. The number of aromatic nitrogens is 2. The average molecular weight is 588 g/mol. The Morgan fingerprint density at radius 2 is 1.95 bits per heavy atom. The molecule has 0 saturated carbocycles.